The lowest BCUT2D eigenvalue weighted by atomic mass is 10.1. The monoisotopic (exact) mass is 351 g/mol. The molecule has 0 spiro atoms. The van der Waals surface area contributed by atoms with Crippen molar-refractivity contribution in [2.75, 3.05) is 18.4 Å². The van der Waals surface area contributed by atoms with Gasteiger partial charge in [0.2, 0.25) is 15.9 Å². The standard InChI is InChI=1S/C16H18FN3O3S/c17-14-3-1-2-4-15(14)20-11-16(21)19-10-9-12-5-7-13(8-6-12)24(18,22)23/h1-8,20H,9-11H2,(H,19,21)(H2,18,22,23). The number of nitrogens with one attached hydrogen (secondary N) is 2. The summed E-state index contributed by atoms with van der Waals surface area (Å²) in [7, 11) is -3.70. The number of carbonyl (C=O) groups is 1. The Morgan fingerprint density at radius 3 is 2.38 bits per heavy atom. The maximum atomic E-state index is 13.4. The topological polar surface area (TPSA) is 101 Å². The number of hydrogen-bond donors (Lipinski definition) is 3. The summed E-state index contributed by atoms with van der Waals surface area (Å²) in [6, 6.07) is 12.2. The van der Waals surface area contributed by atoms with Crippen molar-refractivity contribution in [2.45, 2.75) is 11.3 Å². The molecule has 1 amide bonds. The number of hydrogen-bond acceptors (Lipinski definition) is 4. The van der Waals surface area contributed by atoms with Crippen LogP contribution in [0.3, 0.4) is 0 Å². The highest BCUT2D eigenvalue weighted by Crippen LogP contribution is 2.11. The van der Waals surface area contributed by atoms with Crippen molar-refractivity contribution in [3.05, 3.63) is 59.9 Å². The van der Waals surface area contributed by atoms with E-state index < -0.39 is 15.8 Å². The fourth-order valence-corrected chi connectivity index (χ4v) is 2.55. The molecule has 24 heavy (non-hydrogen) atoms. The van der Waals surface area contributed by atoms with Crippen LogP contribution in [-0.4, -0.2) is 27.4 Å². The van der Waals surface area contributed by atoms with E-state index in [-0.39, 0.29) is 23.0 Å². The molecule has 6 nitrogen and oxygen atoms in total. The van der Waals surface area contributed by atoms with Crippen LogP contribution in [0.25, 0.3) is 0 Å². The van der Waals surface area contributed by atoms with Gasteiger partial charge >= 0.3 is 0 Å². The number of carbonyl (C=O) groups excluding carboxylic acids is 1. The van der Waals surface area contributed by atoms with Gasteiger partial charge in [-0.3, -0.25) is 4.79 Å². The Labute approximate surface area is 139 Å². The van der Waals surface area contributed by atoms with E-state index in [9.17, 15) is 17.6 Å². The van der Waals surface area contributed by atoms with Crippen molar-refractivity contribution in [2.24, 2.45) is 5.14 Å². The van der Waals surface area contributed by atoms with Gasteiger partial charge in [0.25, 0.3) is 0 Å². The van der Waals surface area contributed by atoms with Crippen molar-refractivity contribution in [3.63, 3.8) is 0 Å². The molecule has 0 radical (unpaired) electrons. The third kappa shape index (κ3) is 5.32. The molecule has 0 heterocycles. The zero-order valence-corrected chi connectivity index (χ0v) is 13.6. The Kier molecular flexibility index (Phi) is 5.88. The lowest BCUT2D eigenvalue weighted by molar-refractivity contribution is -0.119. The van der Waals surface area contributed by atoms with Crippen LogP contribution in [0.4, 0.5) is 10.1 Å². The summed E-state index contributed by atoms with van der Waals surface area (Å²) < 4.78 is 35.7. The van der Waals surface area contributed by atoms with E-state index in [0.717, 1.165) is 5.56 Å². The first-order valence-corrected chi connectivity index (χ1v) is 8.78. The first kappa shape index (κ1) is 17.9. The molecular formula is C16H18FN3O3S. The van der Waals surface area contributed by atoms with Crippen molar-refractivity contribution >= 4 is 21.6 Å². The van der Waals surface area contributed by atoms with Crippen molar-refractivity contribution < 1.29 is 17.6 Å². The van der Waals surface area contributed by atoms with Crippen LogP contribution >= 0.6 is 0 Å². The van der Waals surface area contributed by atoms with Gasteiger partial charge in [0.05, 0.1) is 17.1 Å². The van der Waals surface area contributed by atoms with Gasteiger partial charge in [-0.15, -0.1) is 0 Å². The molecule has 0 saturated carbocycles. The van der Waals surface area contributed by atoms with E-state index in [1.54, 1.807) is 30.3 Å². The van der Waals surface area contributed by atoms with Gasteiger partial charge in [0.15, 0.2) is 0 Å². The normalized spacial score (nSPS) is 11.1. The highest BCUT2D eigenvalue weighted by Gasteiger charge is 2.07. The SMILES string of the molecule is NS(=O)(=O)c1ccc(CCNC(=O)CNc2ccccc2F)cc1. The molecule has 128 valence electrons. The summed E-state index contributed by atoms with van der Waals surface area (Å²) in [5, 5.41) is 10.4. The summed E-state index contributed by atoms with van der Waals surface area (Å²) in [4.78, 5) is 11.8. The van der Waals surface area contributed by atoms with E-state index in [1.165, 1.54) is 18.2 Å². The van der Waals surface area contributed by atoms with E-state index in [4.69, 9.17) is 5.14 Å². The minimum absolute atomic E-state index is 0.0364. The zero-order chi connectivity index (χ0) is 17.6. The highest BCUT2D eigenvalue weighted by atomic mass is 32.2. The molecule has 2 aromatic rings. The molecule has 0 atom stereocenters. The summed E-state index contributed by atoms with van der Waals surface area (Å²) in [6.07, 6.45) is 0.538. The Bertz CT molecular complexity index is 808. The summed E-state index contributed by atoms with van der Waals surface area (Å²) in [5.74, 6) is -0.681. The van der Waals surface area contributed by atoms with Crippen molar-refractivity contribution in [1.29, 1.82) is 0 Å². The minimum Gasteiger partial charge on any atom is -0.374 e. The van der Waals surface area contributed by atoms with Crippen molar-refractivity contribution in [3.8, 4) is 0 Å². The first-order valence-electron chi connectivity index (χ1n) is 7.23. The molecule has 2 rings (SSSR count). The molecule has 0 aromatic heterocycles. The average molecular weight is 351 g/mol. The molecule has 0 aliphatic rings. The van der Waals surface area contributed by atoms with Gasteiger partial charge < -0.3 is 10.6 Å². The predicted octanol–water partition coefficient (Wildman–Crippen LogP) is 1.24. The number of primary sulfonamides is 1. The van der Waals surface area contributed by atoms with Gasteiger partial charge in [-0.2, -0.15) is 0 Å². The fraction of sp³-hybridized carbons (Fsp3) is 0.188. The highest BCUT2D eigenvalue weighted by molar-refractivity contribution is 7.89. The van der Waals surface area contributed by atoms with Gasteiger partial charge in [-0.1, -0.05) is 24.3 Å². The lowest BCUT2D eigenvalue weighted by Gasteiger charge is -2.08. The van der Waals surface area contributed by atoms with Crippen LogP contribution < -0.4 is 15.8 Å². The van der Waals surface area contributed by atoms with Crippen LogP contribution in [0.5, 0.6) is 0 Å². The van der Waals surface area contributed by atoms with Crippen LogP contribution in [-0.2, 0) is 21.2 Å². The Morgan fingerprint density at radius 1 is 1.08 bits per heavy atom. The second kappa shape index (κ2) is 7.89. The summed E-state index contributed by atoms with van der Waals surface area (Å²) in [5.41, 5.74) is 1.14. The molecule has 0 fully saturated rings. The fourth-order valence-electron chi connectivity index (χ4n) is 2.03. The predicted molar refractivity (Wildman–Crippen MR) is 89.4 cm³/mol. The number of rotatable bonds is 7. The second-order valence-corrected chi connectivity index (χ2v) is 6.68. The third-order valence-corrected chi connectivity index (χ3v) is 4.23. The lowest BCUT2D eigenvalue weighted by Crippen LogP contribution is -2.31. The zero-order valence-electron chi connectivity index (χ0n) is 12.8. The first-order chi connectivity index (χ1) is 11.4. The number of benzene rings is 2. The Morgan fingerprint density at radius 2 is 1.75 bits per heavy atom. The smallest absolute Gasteiger partial charge is 0.239 e. The van der Waals surface area contributed by atoms with Gasteiger partial charge in [0.1, 0.15) is 5.82 Å². The number of halogens is 1. The van der Waals surface area contributed by atoms with Crippen LogP contribution in [0.2, 0.25) is 0 Å². The number of para-hydroxylation sites is 1. The van der Waals surface area contributed by atoms with E-state index >= 15 is 0 Å². The van der Waals surface area contributed by atoms with E-state index in [0.29, 0.717) is 13.0 Å². The molecular weight excluding hydrogens is 333 g/mol. The number of anilines is 1. The average Bonchev–Trinajstić information content (AvgIpc) is 2.54. The minimum atomic E-state index is -3.70. The van der Waals surface area contributed by atoms with E-state index in [2.05, 4.69) is 10.6 Å². The van der Waals surface area contributed by atoms with Crippen LogP contribution in [0.15, 0.2) is 53.4 Å². The molecule has 0 aliphatic heterocycles. The van der Waals surface area contributed by atoms with Crippen molar-refractivity contribution in [1.82, 2.24) is 5.32 Å². The molecule has 2 aromatic carbocycles. The van der Waals surface area contributed by atoms with Crippen LogP contribution in [0.1, 0.15) is 5.56 Å². The molecule has 4 N–H and O–H groups in total. The second-order valence-electron chi connectivity index (χ2n) is 5.12. The van der Waals surface area contributed by atoms with E-state index in [1.807, 2.05) is 0 Å². The molecule has 8 heteroatoms. The van der Waals surface area contributed by atoms with Gasteiger partial charge in [-0.05, 0) is 36.2 Å². The summed E-state index contributed by atoms with van der Waals surface area (Å²) in [6.45, 7) is 0.345. The number of sulfonamides is 1. The molecule has 0 saturated heterocycles. The maximum absolute atomic E-state index is 13.4. The quantitative estimate of drug-likeness (QED) is 0.699. The Hall–Kier alpha value is -2.45. The maximum Gasteiger partial charge on any atom is 0.239 e. The third-order valence-electron chi connectivity index (χ3n) is 3.30. The number of nitrogens with two attached hydrogens (primary N) is 1. The largest absolute Gasteiger partial charge is 0.374 e. The Balaban J connectivity index is 1.75. The molecule has 0 unspecified atom stereocenters. The van der Waals surface area contributed by atoms with Gasteiger partial charge in [0, 0.05) is 6.54 Å². The van der Waals surface area contributed by atoms with Crippen LogP contribution in [0, 0.1) is 5.82 Å². The van der Waals surface area contributed by atoms with Gasteiger partial charge in [-0.25, -0.2) is 17.9 Å². The molecule has 0 bridgehead atoms. The number of amides is 1. The summed E-state index contributed by atoms with van der Waals surface area (Å²) >= 11 is 0. The molecule has 0 aliphatic carbocycles.